The Morgan fingerprint density at radius 2 is 1.93 bits per heavy atom. The lowest BCUT2D eigenvalue weighted by molar-refractivity contribution is -0.130. The molecule has 2 aromatic carbocycles. The standard InChI is InChI=1S/C21H24N2O4S2/c1-15(12-21(25)23(2)14-16-6-4-3-5-7-16)29(26,27)17-8-9-19-18(13-17)22-20(24)10-11-28-19/h3-9,13,15H,10-12,14H2,1-2H3,(H,22,24)/t15-/m1/s1. The molecule has 6 nitrogen and oxygen atoms in total. The zero-order valence-corrected chi connectivity index (χ0v) is 18.1. The molecule has 29 heavy (non-hydrogen) atoms. The van der Waals surface area contributed by atoms with Crippen LogP contribution in [0.25, 0.3) is 0 Å². The minimum Gasteiger partial charge on any atom is -0.341 e. The summed E-state index contributed by atoms with van der Waals surface area (Å²) in [5.74, 6) is 0.295. The lowest BCUT2D eigenvalue weighted by Crippen LogP contribution is -2.31. The fourth-order valence-electron chi connectivity index (χ4n) is 3.07. The molecule has 8 heteroatoms. The van der Waals surface area contributed by atoms with Gasteiger partial charge in [0, 0.05) is 37.1 Å². The largest absolute Gasteiger partial charge is 0.341 e. The maximum absolute atomic E-state index is 13.0. The van der Waals surface area contributed by atoms with Crippen molar-refractivity contribution in [3.8, 4) is 0 Å². The quantitative estimate of drug-likeness (QED) is 0.757. The molecular formula is C21H24N2O4S2. The summed E-state index contributed by atoms with van der Waals surface area (Å²) in [7, 11) is -2.04. The van der Waals surface area contributed by atoms with E-state index >= 15 is 0 Å². The number of nitrogens with one attached hydrogen (secondary N) is 1. The number of carbonyl (C=O) groups is 2. The number of sulfone groups is 1. The number of benzene rings is 2. The van der Waals surface area contributed by atoms with E-state index in [1.807, 2.05) is 30.3 Å². The lowest BCUT2D eigenvalue weighted by atomic mass is 10.2. The molecule has 0 radical (unpaired) electrons. The minimum absolute atomic E-state index is 0.107. The van der Waals surface area contributed by atoms with Gasteiger partial charge in [-0.25, -0.2) is 8.42 Å². The molecular weight excluding hydrogens is 408 g/mol. The van der Waals surface area contributed by atoms with Crippen LogP contribution in [0.1, 0.15) is 25.3 Å². The first kappa shape index (κ1) is 21.4. The zero-order chi connectivity index (χ0) is 21.0. The van der Waals surface area contributed by atoms with Gasteiger partial charge in [0.05, 0.1) is 15.8 Å². The van der Waals surface area contributed by atoms with Gasteiger partial charge in [-0.3, -0.25) is 9.59 Å². The molecule has 0 unspecified atom stereocenters. The van der Waals surface area contributed by atoms with E-state index in [0.29, 0.717) is 24.4 Å². The molecule has 2 amide bonds. The maximum atomic E-state index is 13.0. The van der Waals surface area contributed by atoms with Crippen LogP contribution in [-0.4, -0.2) is 43.2 Å². The van der Waals surface area contributed by atoms with Crippen molar-refractivity contribution in [2.45, 2.75) is 41.4 Å². The predicted molar refractivity (Wildman–Crippen MR) is 115 cm³/mol. The Morgan fingerprint density at radius 1 is 1.21 bits per heavy atom. The number of hydrogen-bond acceptors (Lipinski definition) is 5. The van der Waals surface area contributed by atoms with Gasteiger partial charge in [-0.05, 0) is 30.7 Å². The first-order valence-electron chi connectivity index (χ1n) is 9.36. The van der Waals surface area contributed by atoms with Gasteiger partial charge in [-0.2, -0.15) is 0 Å². The summed E-state index contributed by atoms with van der Waals surface area (Å²) in [5.41, 5.74) is 1.50. The molecule has 1 N–H and O–H groups in total. The smallest absolute Gasteiger partial charge is 0.225 e. The average molecular weight is 433 g/mol. The topological polar surface area (TPSA) is 83.6 Å². The molecule has 154 valence electrons. The summed E-state index contributed by atoms with van der Waals surface area (Å²) in [5, 5.41) is 1.89. The Bertz CT molecular complexity index is 1010. The number of rotatable bonds is 6. The predicted octanol–water partition coefficient (Wildman–Crippen LogP) is 3.33. The fraction of sp³-hybridized carbons (Fsp3) is 0.333. The Kier molecular flexibility index (Phi) is 6.64. The van der Waals surface area contributed by atoms with Gasteiger partial charge in [0.2, 0.25) is 11.8 Å². The van der Waals surface area contributed by atoms with Gasteiger partial charge in [-0.15, -0.1) is 11.8 Å². The Hall–Kier alpha value is -2.32. The Labute approximate surface area is 175 Å². The third kappa shape index (κ3) is 5.19. The highest BCUT2D eigenvalue weighted by atomic mass is 32.2. The summed E-state index contributed by atoms with van der Waals surface area (Å²) in [6, 6.07) is 14.3. The van der Waals surface area contributed by atoms with Crippen molar-refractivity contribution in [3.05, 3.63) is 54.1 Å². The molecule has 1 aliphatic heterocycles. The van der Waals surface area contributed by atoms with Crippen LogP contribution in [0.5, 0.6) is 0 Å². The van der Waals surface area contributed by atoms with E-state index in [2.05, 4.69) is 5.32 Å². The molecule has 1 aliphatic rings. The molecule has 0 saturated heterocycles. The molecule has 0 bridgehead atoms. The van der Waals surface area contributed by atoms with Crippen molar-refractivity contribution in [1.82, 2.24) is 4.90 Å². The second-order valence-electron chi connectivity index (χ2n) is 7.10. The van der Waals surface area contributed by atoms with Gasteiger partial charge in [-0.1, -0.05) is 30.3 Å². The summed E-state index contributed by atoms with van der Waals surface area (Å²) in [6.45, 7) is 1.97. The molecule has 0 aliphatic carbocycles. The molecule has 0 fully saturated rings. The highest BCUT2D eigenvalue weighted by Crippen LogP contribution is 2.33. The molecule has 3 rings (SSSR count). The second kappa shape index (κ2) is 9.00. The highest BCUT2D eigenvalue weighted by Gasteiger charge is 2.28. The maximum Gasteiger partial charge on any atom is 0.225 e. The Morgan fingerprint density at radius 3 is 2.66 bits per heavy atom. The first-order chi connectivity index (χ1) is 13.8. The van der Waals surface area contributed by atoms with E-state index in [0.717, 1.165) is 10.5 Å². The first-order valence-corrected chi connectivity index (χ1v) is 11.9. The van der Waals surface area contributed by atoms with E-state index in [9.17, 15) is 18.0 Å². The van der Waals surface area contributed by atoms with E-state index in [-0.39, 0.29) is 23.1 Å². The van der Waals surface area contributed by atoms with Gasteiger partial charge in [0.1, 0.15) is 0 Å². The normalized spacial score (nSPS) is 15.0. The fourth-order valence-corrected chi connectivity index (χ4v) is 5.37. The second-order valence-corrected chi connectivity index (χ2v) is 10.6. The van der Waals surface area contributed by atoms with E-state index < -0.39 is 15.1 Å². The lowest BCUT2D eigenvalue weighted by Gasteiger charge is -2.20. The number of carbonyl (C=O) groups excluding carboxylic acids is 2. The van der Waals surface area contributed by atoms with E-state index in [4.69, 9.17) is 0 Å². The van der Waals surface area contributed by atoms with Crippen molar-refractivity contribution in [1.29, 1.82) is 0 Å². The number of anilines is 1. The van der Waals surface area contributed by atoms with E-state index in [1.54, 1.807) is 26.1 Å². The van der Waals surface area contributed by atoms with E-state index in [1.165, 1.54) is 22.7 Å². The average Bonchev–Trinajstić information content (AvgIpc) is 2.88. The number of nitrogens with zero attached hydrogens (tertiary/aromatic N) is 1. The third-order valence-corrected chi connectivity index (χ3v) is 8.03. The van der Waals surface area contributed by atoms with Crippen LogP contribution in [0.15, 0.2) is 58.3 Å². The van der Waals surface area contributed by atoms with Crippen LogP contribution in [0.2, 0.25) is 0 Å². The molecule has 2 aromatic rings. The van der Waals surface area contributed by atoms with Crippen molar-refractivity contribution in [3.63, 3.8) is 0 Å². The summed E-state index contributed by atoms with van der Waals surface area (Å²) in [4.78, 5) is 26.8. The summed E-state index contributed by atoms with van der Waals surface area (Å²) in [6.07, 6.45) is 0.282. The number of fused-ring (bicyclic) bond motifs is 1. The summed E-state index contributed by atoms with van der Waals surface area (Å²) < 4.78 is 26.0. The van der Waals surface area contributed by atoms with Gasteiger partial charge in [0.25, 0.3) is 0 Å². The van der Waals surface area contributed by atoms with Crippen molar-refractivity contribution in [2.75, 3.05) is 18.1 Å². The molecule has 0 spiro atoms. The molecule has 1 heterocycles. The highest BCUT2D eigenvalue weighted by molar-refractivity contribution is 7.99. The third-order valence-electron chi connectivity index (χ3n) is 4.82. The number of thioether (sulfide) groups is 1. The van der Waals surface area contributed by atoms with Gasteiger partial charge in [0.15, 0.2) is 9.84 Å². The monoisotopic (exact) mass is 432 g/mol. The zero-order valence-electron chi connectivity index (χ0n) is 16.4. The van der Waals surface area contributed by atoms with Crippen LogP contribution < -0.4 is 5.32 Å². The molecule has 0 aromatic heterocycles. The van der Waals surface area contributed by atoms with Crippen LogP contribution in [0, 0.1) is 0 Å². The number of amides is 2. The SMILES string of the molecule is C[C@H](CC(=O)N(C)Cc1ccccc1)S(=O)(=O)c1ccc2c(c1)NC(=O)CCS2. The van der Waals surface area contributed by atoms with Gasteiger partial charge >= 0.3 is 0 Å². The summed E-state index contributed by atoms with van der Waals surface area (Å²) >= 11 is 1.52. The van der Waals surface area contributed by atoms with Crippen molar-refractivity contribution < 1.29 is 18.0 Å². The molecule has 0 saturated carbocycles. The Balaban J connectivity index is 1.72. The van der Waals surface area contributed by atoms with Crippen LogP contribution in [0.3, 0.4) is 0 Å². The van der Waals surface area contributed by atoms with Crippen LogP contribution in [-0.2, 0) is 26.0 Å². The van der Waals surface area contributed by atoms with Gasteiger partial charge < -0.3 is 10.2 Å². The van der Waals surface area contributed by atoms with Crippen molar-refractivity contribution >= 4 is 39.1 Å². The van der Waals surface area contributed by atoms with Crippen molar-refractivity contribution in [2.24, 2.45) is 0 Å². The molecule has 1 atom stereocenters. The minimum atomic E-state index is -3.71. The van der Waals surface area contributed by atoms with Crippen LogP contribution in [0.4, 0.5) is 5.69 Å². The van der Waals surface area contributed by atoms with Crippen LogP contribution >= 0.6 is 11.8 Å². The number of hydrogen-bond donors (Lipinski definition) is 1.